The Bertz CT molecular complexity index is 869. The van der Waals surface area contributed by atoms with Crippen LogP contribution in [0.5, 0.6) is 0 Å². The molecule has 1 heterocycles. The van der Waals surface area contributed by atoms with Crippen molar-refractivity contribution in [3.63, 3.8) is 0 Å². The summed E-state index contributed by atoms with van der Waals surface area (Å²) < 4.78 is 2.20. The van der Waals surface area contributed by atoms with Gasteiger partial charge in [-0.05, 0) is 25.0 Å². The molecule has 5 heteroatoms. The summed E-state index contributed by atoms with van der Waals surface area (Å²) in [4.78, 5) is 16.5. The number of nitrogens with zero attached hydrogens (tertiary/aromatic N) is 2. The van der Waals surface area contributed by atoms with Crippen molar-refractivity contribution in [3.05, 3.63) is 89.0 Å². The van der Waals surface area contributed by atoms with E-state index in [1.807, 2.05) is 55.6 Å². The van der Waals surface area contributed by atoms with E-state index < -0.39 is 0 Å². The lowest BCUT2D eigenvalue weighted by atomic mass is 10.1. The van der Waals surface area contributed by atoms with Crippen molar-refractivity contribution in [1.82, 2.24) is 20.2 Å². The summed E-state index contributed by atoms with van der Waals surface area (Å²) in [6.45, 7) is 5.97. The van der Waals surface area contributed by atoms with Gasteiger partial charge in [0.05, 0.1) is 0 Å². The van der Waals surface area contributed by atoms with Gasteiger partial charge in [0, 0.05) is 37.9 Å². The number of carbonyl (C=O) groups excluding carboxylic acids is 1. The zero-order chi connectivity index (χ0) is 19.1. The molecule has 0 aliphatic rings. The zero-order valence-electron chi connectivity index (χ0n) is 15.9. The molecule has 0 saturated carbocycles. The van der Waals surface area contributed by atoms with E-state index in [0.717, 1.165) is 23.6 Å². The zero-order valence-corrected chi connectivity index (χ0v) is 15.9. The molecule has 0 aliphatic carbocycles. The number of carbonyl (C=O) groups is 1. The van der Waals surface area contributed by atoms with Crippen LogP contribution in [0.15, 0.2) is 60.8 Å². The smallest absolute Gasteiger partial charge is 0.315 e. The standard InChI is InChI=1S/C22H26N4O/c1-17-8-10-19(11-9-17)15-25-22(27)23-13-12-21-24-14-18(2)26(21)16-20-6-4-3-5-7-20/h3-11,14H,12-13,15-16H2,1-2H3,(H2,23,25,27). The molecule has 140 valence electrons. The first-order valence-electron chi connectivity index (χ1n) is 9.24. The minimum Gasteiger partial charge on any atom is -0.338 e. The van der Waals surface area contributed by atoms with Gasteiger partial charge in [-0.2, -0.15) is 0 Å². The minimum atomic E-state index is -0.159. The van der Waals surface area contributed by atoms with Crippen molar-refractivity contribution in [2.75, 3.05) is 6.54 Å². The van der Waals surface area contributed by atoms with E-state index in [1.165, 1.54) is 11.1 Å². The SMILES string of the molecule is Cc1ccc(CNC(=O)NCCc2ncc(C)n2Cc2ccccc2)cc1. The van der Waals surface area contributed by atoms with Crippen LogP contribution in [-0.4, -0.2) is 22.1 Å². The quantitative estimate of drug-likeness (QED) is 0.675. The van der Waals surface area contributed by atoms with Gasteiger partial charge < -0.3 is 15.2 Å². The minimum absolute atomic E-state index is 0.159. The van der Waals surface area contributed by atoms with Crippen LogP contribution < -0.4 is 10.6 Å². The number of amides is 2. The molecule has 0 aliphatic heterocycles. The predicted molar refractivity (Wildman–Crippen MR) is 108 cm³/mol. The van der Waals surface area contributed by atoms with Crippen LogP contribution in [0, 0.1) is 13.8 Å². The van der Waals surface area contributed by atoms with E-state index in [0.29, 0.717) is 19.5 Å². The summed E-state index contributed by atoms with van der Waals surface area (Å²) in [6, 6.07) is 18.3. The highest BCUT2D eigenvalue weighted by atomic mass is 16.2. The molecular formula is C22H26N4O. The number of benzene rings is 2. The number of hydrogen-bond acceptors (Lipinski definition) is 2. The van der Waals surface area contributed by atoms with Crippen molar-refractivity contribution in [2.45, 2.75) is 33.4 Å². The molecule has 2 amide bonds. The van der Waals surface area contributed by atoms with Crippen LogP contribution in [0.2, 0.25) is 0 Å². The molecule has 3 rings (SSSR count). The van der Waals surface area contributed by atoms with Crippen molar-refractivity contribution < 1.29 is 4.79 Å². The van der Waals surface area contributed by atoms with Gasteiger partial charge in [-0.15, -0.1) is 0 Å². The molecule has 0 unspecified atom stereocenters. The third-order valence-electron chi connectivity index (χ3n) is 4.53. The van der Waals surface area contributed by atoms with E-state index in [9.17, 15) is 4.79 Å². The Morgan fingerprint density at radius 1 is 0.963 bits per heavy atom. The Morgan fingerprint density at radius 2 is 1.70 bits per heavy atom. The third-order valence-corrected chi connectivity index (χ3v) is 4.53. The monoisotopic (exact) mass is 362 g/mol. The van der Waals surface area contributed by atoms with E-state index in [-0.39, 0.29) is 6.03 Å². The van der Waals surface area contributed by atoms with Crippen LogP contribution in [0.3, 0.4) is 0 Å². The summed E-state index contributed by atoms with van der Waals surface area (Å²) in [7, 11) is 0. The molecule has 0 atom stereocenters. The third kappa shape index (κ3) is 5.45. The van der Waals surface area contributed by atoms with E-state index in [4.69, 9.17) is 0 Å². The van der Waals surface area contributed by atoms with Crippen LogP contribution in [0.4, 0.5) is 4.79 Å². The molecule has 0 spiro atoms. The predicted octanol–water partition coefficient (Wildman–Crippen LogP) is 3.59. The van der Waals surface area contributed by atoms with E-state index in [2.05, 4.69) is 39.2 Å². The molecule has 1 aromatic heterocycles. The highest BCUT2D eigenvalue weighted by molar-refractivity contribution is 5.73. The molecule has 0 radical (unpaired) electrons. The topological polar surface area (TPSA) is 59.0 Å². The highest BCUT2D eigenvalue weighted by Gasteiger charge is 2.08. The van der Waals surface area contributed by atoms with E-state index in [1.54, 1.807) is 0 Å². The summed E-state index contributed by atoms with van der Waals surface area (Å²) in [5, 5.41) is 5.80. The molecular weight excluding hydrogens is 336 g/mol. The Morgan fingerprint density at radius 3 is 2.44 bits per heavy atom. The maximum atomic E-state index is 12.0. The first-order valence-corrected chi connectivity index (χ1v) is 9.24. The molecule has 5 nitrogen and oxygen atoms in total. The Hall–Kier alpha value is -3.08. The largest absolute Gasteiger partial charge is 0.338 e. The lowest BCUT2D eigenvalue weighted by Crippen LogP contribution is -2.36. The highest BCUT2D eigenvalue weighted by Crippen LogP contribution is 2.10. The fraction of sp³-hybridized carbons (Fsp3) is 0.273. The van der Waals surface area contributed by atoms with E-state index >= 15 is 0 Å². The van der Waals surface area contributed by atoms with Crippen molar-refractivity contribution in [2.24, 2.45) is 0 Å². The Kier molecular flexibility index (Phi) is 6.26. The average Bonchev–Trinajstić information content (AvgIpc) is 3.02. The van der Waals surface area contributed by atoms with Gasteiger partial charge in [0.2, 0.25) is 0 Å². The maximum absolute atomic E-state index is 12.0. The molecule has 0 saturated heterocycles. The molecule has 27 heavy (non-hydrogen) atoms. The first-order chi connectivity index (χ1) is 13.1. The fourth-order valence-electron chi connectivity index (χ4n) is 2.93. The molecule has 0 fully saturated rings. The summed E-state index contributed by atoms with van der Waals surface area (Å²) >= 11 is 0. The molecule has 2 aromatic carbocycles. The normalized spacial score (nSPS) is 10.6. The lowest BCUT2D eigenvalue weighted by Gasteiger charge is -2.11. The second-order valence-electron chi connectivity index (χ2n) is 6.73. The van der Waals surface area contributed by atoms with Crippen LogP contribution in [0.1, 0.15) is 28.2 Å². The summed E-state index contributed by atoms with van der Waals surface area (Å²) in [5.74, 6) is 0.982. The van der Waals surface area contributed by atoms with Gasteiger partial charge in [0.1, 0.15) is 5.82 Å². The van der Waals surface area contributed by atoms with Gasteiger partial charge in [-0.1, -0.05) is 60.2 Å². The summed E-state index contributed by atoms with van der Waals surface area (Å²) in [5.41, 5.74) is 4.66. The fourth-order valence-corrected chi connectivity index (χ4v) is 2.93. The van der Waals surface area contributed by atoms with Gasteiger partial charge in [0.25, 0.3) is 0 Å². The number of urea groups is 1. The number of nitrogens with one attached hydrogen (secondary N) is 2. The Labute approximate surface area is 160 Å². The second kappa shape index (κ2) is 9.03. The van der Waals surface area contributed by atoms with Crippen molar-refractivity contribution >= 4 is 6.03 Å². The molecule has 2 N–H and O–H groups in total. The number of rotatable bonds is 7. The number of hydrogen-bond donors (Lipinski definition) is 2. The second-order valence-corrected chi connectivity index (χ2v) is 6.73. The van der Waals surface area contributed by atoms with Gasteiger partial charge in [-0.25, -0.2) is 9.78 Å². The lowest BCUT2D eigenvalue weighted by molar-refractivity contribution is 0.240. The van der Waals surface area contributed by atoms with Gasteiger partial charge in [0.15, 0.2) is 0 Å². The molecule has 3 aromatic rings. The first kappa shape index (κ1) is 18.7. The number of aryl methyl sites for hydroxylation is 2. The Balaban J connectivity index is 1.47. The maximum Gasteiger partial charge on any atom is 0.315 e. The van der Waals surface area contributed by atoms with Gasteiger partial charge >= 0.3 is 6.03 Å². The van der Waals surface area contributed by atoms with Crippen LogP contribution in [-0.2, 0) is 19.5 Å². The van der Waals surface area contributed by atoms with Crippen LogP contribution >= 0.6 is 0 Å². The van der Waals surface area contributed by atoms with Gasteiger partial charge in [-0.3, -0.25) is 0 Å². The number of imidazole rings is 1. The average molecular weight is 362 g/mol. The number of aromatic nitrogens is 2. The van der Waals surface area contributed by atoms with Crippen LogP contribution in [0.25, 0.3) is 0 Å². The summed E-state index contributed by atoms with van der Waals surface area (Å²) in [6.07, 6.45) is 2.58. The molecule has 0 bridgehead atoms. The van der Waals surface area contributed by atoms with Crippen molar-refractivity contribution in [3.8, 4) is 0 Å². The van der Waals surface area contributed by atoms with Crippen molar-refractivity contribution in [1.29, 1.82) is 0 Å².